The highest BCUT2D eigenvalue weighted by molar-refractivity contribution is 5.85. The topological polar surface area (TPSA) is 46.3 Å². The molecule has 1 aliphatic rings. The van der Waals surface area contributed by atoms with Gasteiger partial charge in [0.1, 0.15) is 0 Å². The molecule has 0 aliphatic carbocycles. The standard InChI is InChI=1S/C13H16F2N2O.ClH/c14-13(15,10-5-2-1-3-6-10)12(18)17-8-4-7-11(17)9-16;/h1-3,5-6,11H,4,7-9,16H2;1H. The number of carbonyl (C=O) groups excluding carboxylic acids is 1. The van der Waals surface area contributed by atoms with Gasteiger partial charge in [-0.1, -0.05) is 30.3 Å². The summed E-state index contributed by atoms with van der Waals surface area (Å²) >= 11 is 0. The molecule has 1 aliphatic heterocycles. The van der Waals surface area contributed by atoms with Gasteiger partial charge in [0.15, 0.2) is 0 Å². The first kappa shape index (κ1) is 15.9. The van der Waals surface area contributed by atoms with E-state index in [1.165, 1.54) is 29.2 Å². The molecule has 1 aromatic rings. The Morgan fingerprint density at radius 3 is 2.58 bits per heavy atom. The van der Waals surface area contributed by atoms with Crippen LogP contribution in [0.4, 0.5) is 8.78 Å². The van der Waals surface area contributed by atoms with E-state index in [2.05, 4.69) is 0 Å². The van der Waals surface area contributed by atoms with Crippen LogP contribution in [0.15, 0.2) is 30.3 Å². The highest BCUT2D eigenvalue weighted by Gasteiger charge is 2.46. The quantitative estimate of drug-likeness (QED) is 0.927. The van der Waals surface area contributed by atoms with E-state index in [0.29, 0.717) is 13.0 Å². The zero-order chi connectivity index (χ0) is 13.2. The zero-order valence-corrected chi connectivity index (χ0v) is 11.2. The summed E-state index contributed by atoms with van der Waals surface area (Å²) in [7, 11) is 0. The third-order valence-corrected chi connectivity index (χ3v) is 3.32. The van der Waals surface area contributed by atoms with Crippen LogP contribution in [-0.2, 0) is 10.7 Å². The third-order valence-electron chi connectivity index (χ3n) is 3.32. The fraction of sp³-hybridized carbons (Fsp3) is 0.462. The Bertz CT molecular complexity index is 428. The van der Waals surface area contributed by atoms with Crippen molar-refractivity contribution in [2.75, 3.05) is 13.1 Å². The predicted molar refractivity (Wildman–Crippen MR) is 71.4 cm³/mol. The molecule has 0 aromatic heterocycles. The van der Waals surface area contributed by atoms with E-state index in [0.717, 1.165) is 6.42 Å². The van der Waals surface area contributed by atoms with Crippen LogP contribution in [0.2, 0.25) is 0 Å². The number of alkyl halides is 2. The minimum Gasteiger partial charge on any atom is -0.333 e. The van der Waals surface area contributed by atoms with Gasteiger partial charge in [-0.15, -0.1) is 12.4 Å². The Balaban J connectivity index is 0.00000180. The largest absolute Gasteiger partial charge is 0.349 e. The van der Waals surface area contributed by atoms with Crippen molar-refractivity contribution in [2.45, 2.75) is 24.8 Å². The molecule has 0 radical (unpaired) electrons. The maximum Gasteiger partial charge on any atom is 0.349 e. The summed E-state index contributed by atoms with van der Waals surface area (Å²) in [6.45, 7) is 0.597. The number of likely N-dealkylation sites (tertiary alicyclic amines) is 1. The number of hydrogen-bond donors (Lipinski definition) is 1. The normalized spacial score (nSPS) is 19.1. The maximum absolute atomic E-state index is 14.1. The average molecular weight is 291 g/mol. The Morgan fingerprint density at radius 2 is 2.00 bits per heavy atom. The number of nitrogens with zero attached hydrogens (tertiary/aromatic N) is 1. The molecule has 0 spiro atoms. The summed E-state index contributed by atoms with van der Waals surface area (Å²) in [6, 6.07) is 6.92. The molecule has 3 nitrogen and oxygen atoms in total. The van der Waals surface area contributed by atoms with Crippen LogP contribution in [0.1, 0.15) is 18.4 Å². The first-order valence-corrected chi connectivity index (χ1v) is 6.02. The molecule has 106 valence electrons. The van der Waals surface area contributed by atoms with Gasteiger partial charge in [-0.3, -0.25) is 4.79 Å². The molecule has 2 rings (SSSR count). The molecule has 1 heterocycles. The molecule has 0 bridgehead atoms. The van der Waals surface area contributed by atoms with E-state index < -0.39 is 11.8 Å². The summed E-state index contributed by atoms with van der Waals surface area (Å²) in [4.78, 5) is 13.2. The van der Waals surface area contributed by atoms with E-state index >= 15 is 0 Å². The van der Waals surface area contributed by atoms with Gasteiger partial charge in [0.2, 0.25) is 0 Å². The smallest absolute Gasteiger partial charge is 0.333 e. The minimum atomic E-state index is -3.47. The number of nitrogens with two attached hydrogens (primary N) is 1. The molecule has 1 saturated heterocycles. The molecule has 1 atom stereocenters. The van der Waals surface area contributed by atoms with Crippen molar-refractivity contribution in [1.82, 2.24) is 4.90 Å². The maximum atomic E-state index is 14.1. The number of hydrogen-bond acceptors (Lipinski definition) is 2. The molecular weight excluding hydrogens is 274 g/mol. The number of rotatable bonds is 3. The number of halogens is 3. The Kier molecular flexibility index (Phi) is 5.26. The Labute approximate surface area is 117 Å². The predicted octanol–water partition coefficient (Wildman–Crippen LogP) is 2.15. The Hall–Kier alpha value is -1.20. The summed E-state index contributed by atoms with van der Waals surface area (Å²) in [5, 5.41) is 0. The van der Waals surface area contributed by atoms with Gasteiger partial charge in [-0.05, 0) is 12.8 Å². The molecular formula is C13H17ClF2N2O. The van der Waals surface area contributed by atoms with Crippen LogP contribution >= 0.6 is 12.4 Å². The molecule has 2 N–H and O–H groups in total. The zero-order valence-electron chi connectivity index (χ0n) is 10.4. The van der Waals surface area contributed by atoms with Crippen LogP contribution in [-0.4, -0.2) is 29.9 Å². The second kappa shape index (κ2) is 6.30. The summed E-state index contributed by atoms with van der Waals surface area (Å²) < 4.78 is 28.2. The van der Waals surface area contributed by atoms with Crippen molar-refractivity contribution >= 4 is 18.3 Å². The van der Waals surface area contributed by atoms with Crippen LogP contribution in [0.3, 0.4) is 0 Å². The van der Waals surface area contributed by atoms with E-state index in [1.54, 1.807) is 6.07 Å². The molecule has 1 amide bonds. The first-order valence-electron chi connectivity index (χ1n) is 6.02. The summed E-state index contributed by atoms with van der Waals surface area (Å²) in [5.74, 6) is -4.61. The third kappa shape index (κ3) is 3.04. The Morgan fingerprint density at radius 1 is 1.37 bits per heavy atom. The van der Waals surface area contributed by atoms with Gasteiger partial charge in [0.05, 0.1) is 0 Å². The van der Waals surface area contributed by atoms with Gasteiger partial charge in [0, 0.05) is 24.7 Å². The fourth-order valence-corrected chi connectivity index (χ4v) is 2.30. The van der Waals surface area contributed by atoms with Crippen molar-refractivity contribution in [2.24, 2.45) is 5.73 Å². The van der Waals surface area contributed by atoms with E-state index in [-0.39, 0.29) is 30.6 Å². The van der Waals surface area contributed by atoms with Gasteiger partial charge in [0.25, 0.3) is 5.91 Å². The lowest BCUT2D eigenvalue weighted by molar-refractivity contribution is -0.159. The second-order valence-corrected chi connectivity index (χ2v) is 4.47. The van der Waals surface area contributed by atoms with Crippen LogP contribution < -0.4 is 5.73 Å². The number of benzene rings is 1. The molecule has 6 heteroatoms. The van der Waals surface area contributed by atoms with Gasteiger partial charge >= 0.3 is 5.92 Å². The van der Waals surface area contributed by atoms with Crippen LogP contribution in [0.25, 0.3) is 0 Å². The highest BCUT2D eigenvalue weighted by Crippen LogP contribution is 2.32. The van der Waals surface area contributed by atoms with E-state index in [4.69, 9.17) is 5.73 Å². The SMILES string of the molecule is Cl.NCC1CCCN1C(=O)C(F)(F)c1ccccc1. The van der Waals surface area contributed by atoms with Crippen molar-refractivity contribution in [3.63, 3.8) is 0 Å². The summed E-state index contributed by atoms with van der Waals surface area (Å²) in [6.07, 6.45) is 1.44. The van der Waals surface area contributed by atoms with Crippen molar-refractivity contribution in [1.29, 1.82) is 0 Å². The number of carbonyl (C=O) groups is 1. The van der Waals surface area contributed by atoms with Crippen molar-refractivity contribution in [3.8, 4) is 0 Å². The van der Waals surface area contributed by atoms with Gasteiger partial charge in [-0.25, -0.2) is 0 Å². The lowest BCUT2D eigenvalue weighted by atomic mass is 10.1. The lowest BCUT2D eigenvalue weighted by Crippen LogP contribution is -2.46. The highest BCUT2D eigenvalue weighted by atomic mass is 35.5. The van der Waals surface area contributed by atoms with Gasteiger partial charge in [-0.2, -0.15) is 8.78 Å². The second-order valence-electron chi connectivity index (χ2n) is 4.47. The van der Waals surface area contributed by atoms with Crippen LogP contribution in [0.5, 0.6) is 0 Å². The monoisotopic (exact) mass is 290 g/mol. The number of amides is 1. The fourth-order valence-electron chi connectivity index (χ4n) is 2.30. The molecule has 19 heavy (non-hydrogen) atoms. The van der Waals surface area contributed by atoms with E-state index in [9.17, 15) is 13.6 Å². The van der Waals surface area contributed by atoms with E-state index in [1.807, 2.05) is 0 Å². The summed E-state index contributed by atoms with van der Waals surface area (Å²) in [5.41, 5.74) is 5.24. The van der Waals surface area contributed by atoms with Gasteiger partial charge < -0.3 is 10.6 Å². The lowest BCUT2D eigenvalue weighted by Gasteiger charge is -2.27. The molecule has 1 unspecified atom stereocenters. The first-order chi connectivity index (χ1) is 8.57. The molecule has 1 aromatic carbocycles. The van der Waals surface area contributed by atoms with Crippen molar-refractivity contribution in [3.05, 3.63) is 35.9 Å². The van der Waals surface area contributed by atoms with Crippen molar-refractivity contribution < 1.29 is 13.6 Å². The molecule has 1 fully saturated rings. The molecule has 0 saturated carbocycles. The minimum absolute atomic E-state index is 0. The van der Waals surface area contributed by atoms with Crippen LogP contribution in [0, 0.1) is 0 Å². The average Bonchev–Trinajstić information content (AvgIpc) is 2.87.